The van der Waals surface area contributed by atoms with Crippen LogP contribution in [0.5, 0.6) is 0 Å². The number of hydrogen-bond donors (Lipinski definition) is 0. The molecule has 0 radical (unpaired) electrons. The number of anilines is 1. The second-order valence-electron chi connectivity index (χ2n) is 6.85. The minimum atomic E-state index is 0.554. The van der Waals surface area contributed by atoms with Crippen molar-refractivity contribution in [3.8, 4) is 6.07 Å². The summed E-state index contributed by atoms with van der Waals surface area (Å²) in [6.45, 7) is 2.94. The number of para-hydroxylation sites is 2. The molecule has 0 unspecified atom stereocenters. The van der Waals surface area contributed by atoms with Crippen LogP contribution in [0.3, 0.4) is 0 Å². The third kappa shape index (κ3) is 3.46. The lowest BCUT2D eigenvalue weighted by Gasteiger charge is -2.29. The standard InChI is InChI=1S/C23H18N4OS/c24-15-18(23-26-20-7-3-4-8-21(20)29-23)14-17-13-16-5-1-2-6-19(16)25-22(17)27-9-11-28-12-10-27/h1-8,13-14H,9-12H2. The number of nitrogens with zero attached hydrogens (tertiary/aromatic N) is 4. The van der Waals surface area contributed by atoms with Crippen molar-refractivity contribution in [2.45, 2.75) is 0 Å². The predicted molar refractivity (Wildman–Crippen MR) is 118 cm³/mol. The van der Waals surface area contributed by atoms with Crippen molar-refractivity contribution in [3.63, 3.8) is 0 Å². The maximum absolute atomic E-state index is 9.87. The molecule has 5 rings (SSSR count). The highest BCUT2D eigenvalue weighted by atomic mass is 32.1. The van der Waals surface area contributed by atoms with Gasteiger partial charge >= 0.3 is 0 Å². The van der Waals surface area contributed by atoms with Crippen LogP contribution in [0.1, 0.15) is 10.6 Å². The fourth-order valence-corrected chi connectivity index (χ4v) is 4.47. The van der Waals surface area contributed by atoms with E-state index in [0.717, 1.165) is 50.6 Å². The van der Waals surface area contributed by atoms with E-state index < -0.39 is 0 Å². The Balaban J connectivity index is 1.66. The lowest BCUT2D eigenvalue weighted by molar-refractivity contribution is 0.122. The van der Waals surface area contributed by atoms with Gasteiger partial charge in [-0.1, -0.05) is 30.3 Å². The number of allylic oxidation sites excluding steroid dienone is 1. The molecule has 4 aromatic rings. The van der Waals surface area contributed by atoms with E-state index >= 15 is 0 Å². The van der Waals surface area contributed by atoms with E-state index in [-0.39, 0.29) is 0 Å². The molecule has 0 aliphatic carbocycles. The predicted octanol–water partition coefficient (Wildman–Crippen LogP) is 4.75. The zero-order chi connectivity index (χ0) is 19.6. The minimum absolute atomic E-state index is 0.554. The molecule has 6 heteroatoms. The summed E-state index contributed by atoms with van der Waals surface area (Å²) < 4.78 is 6.59. The van der Waals surface area contributed by atoms with E-state index in [1.54, 1.807) is 0 Å². The first kappa shape index (κ1) is 17.8. The first-order valence-electron chi connectivity index (χ1n) is 9.52. The SMILES string of the molecule is N#CC(=Cc1cc2ccccc2nc1N1CCOCC1)c1nc2ccccc2s1. The zero-order valence-corrected chi connectivity index (χ0v) is 16.5. The Hall–Kier alpha value is -3.27. The number of ether oxygens (including phenoxy) is 1. The Kier molecular flexibility index (Phi) is 4.68. The van der Waals surface area contributed by atoms with Crippen LogP contribution in [-0.4, -0.2) is 36.3 Å². The van der Waals surface area contributed by atoms with E-state index in [0.29, 0.717) is 18.8 Å². The molecule has 0 atom stereocenters. The second-order valence-corrected chi connectivity index (χ2v) is 7.88. The number of morpholine rings is 1. The van der Waals surface area contributed by atoms with Crippen molar-refractivity contribution >= 4 is 49.9 Å². The smallest absolute Gasteiger partial charge is 0.136 e. The van der Waals surface area contributed by atoms with Gasteiger partial charge in [-0.15, -0.1) is 11.3 Å². The molecule has 2 aromatic carbocycles. The summed E-state index contributed by atoms with van der Waals surface area (Å²) in [6, 6.07) is 20.5. The van der Waals surface area contributed by atoms with Gasteiger partial charge in [0.25, 0.3) is 0 Å². The molecule has 0 amide bonds. The first-order chi connectivity index (χ1) is 14.3. The maximum atomic E-state index is 9.87. The van der Waals surface area contributed by atoms with Crippen molar-refractivity contribution in [1.29, 1.82) is 5.26 Å². The van der Waals surface area contributed by atoms with E-state index in [4.69, 9.17) is 9.72 Å². The molecule has 0 saturated carbocycles. The highest BCUT2D eigenvalue weighted by Crippen LogP contribution is 2.31. The first-order valence-corrected chi connectivity index (χ1v) is 10.3. The Morgan fingerprint density at radius 2 is 1.79 bits per heavy atom. The molecule has 142 valence electrons. The van der Waals surface area contributed by atoms with Crippen molar-refractivity contribution in [2.75, 3.05) is 31.2 Å². The molecular weight excluding hydrogens is 380 g/mol. The van der Waals surface area contributed by atoms with Gasteiger partial charge in [-0.05, 0) is 30.3 Å². The molecule has 5 nitrogen and oxygen atoms in total. The summed E-state index contributed by atoms with van der Waals surface area (Å²) in [4.78, 5) is 11.8. The number of nitriles is 1. The number of thiazole rings is 1. The molecule has 1 aliphatic rings. The Bertz CT molecular complexity index is 1230. The van der Waals surface area contributed by atoms with Crippen molar-refractivity contribution in [2.24, 2.45) is 0 Å². The summed E-state index contributed by atoms with van der Waals surface area (Å²) in [6.07, 6.45) is 1.92. The average Bonchev–Trinajstić information content (AvgIpc) is 3.21. The van der Waals surface area contributed by atoms with Crippen LogP contribution in [0.2, 0.25) is 0 Å². The third-order valence-corrected chi connectivity index (χ3v) is 6.06. The van der Waals surface area contributed by atoms with Crippen LogP contribution < -0.4 is 4.90 Å². The molecular formula is C23H18N4OS. The zero-order valence-electron chi connectivity index (χ0n) is 15.7. The van der Waals surface area contributed by atoms with Gasteiger partial charge in [-0.25, -0.2) is 9.97 Å². The Morgan fingerprint density at radius 1 is 1.03 bits per heavy atom. The number of fused-ring (bicyclic) bond motifs is 2. The number of hydrogen-bond acceptors (Lipinski definition) is 6. The molecule has 0 N–H and O–H groups in total. The lowest BCUT2D eigenvalue weighted by Crippen LogP contribution is -2.37. The summed E-state index contributed by atoms with van der Waals surface area (Å²) in [5, 5.41) is 11.7. The van der Waals surface area contributed by atoms with Gasteiger partial charge in [0.1, 0.15) is 16.9 Å². The fraction of sp³-hybridized carbons (Fsp3) is 0.174. The topological polar surface area (TPSA) is 62.0 Å². The van der Waals surface area contributed by atoms with Gasteiger partial charge in [-0.3, -0.25) is 0 Å². The third-order valence-electron chi connectivity index (χ3n) is 4.99. The number of benzene rings is 2. The monoisotopic (exact) mass is 398 g/mol. The maximum Gasteiger partial charge on any atom is 0.136 e. The number of rotatable bonds is 3. The van der Waals surface area contributed by atoms with Gasteiger partial charge in [0, 0.05) is 24.0 Å². The highest BCUT2D eigenvalue weighted by Gasteiger charge is 2.18. The van der Waals surface area contributed by atoms with E-state index in [9.17, 15) is 5.26 Å². The summed E-state index contributed by atoms with van der Waals surface area (Å²) in [5.41, 5.74) is 3.35. The van der Waals surface area contributed by atoms with Crippen molar-refractivity contribution in [1.82, 2.24) is 9.97 Å². The van der Waals surface area contributed by atoms with Gasteiger partial charge in [0.2, 0.25) is 0 Å². The van der Waals surface area contributed by atoms with Crippen LogP contribution in [0.25, 0.3) is 32.8 Å². The molecule has 1 fully saturated rings. The van der Waals surface area contributed by atoms with E-state index in [2.05, 4.69) is 22.0 Å². The summed E-state index contributed by atoms with van der Waals surface area (Å²) >= 11 is 1.54. The fourth-order valence-electron chi connectivity index (χ4n) is 3.54. The van der Waals surface area contributed by atoms with Gasteiger partial charge in [0.05, 0.1) is 34.5 Å². The lowest BCUT2D eigenvalue weighted by atomic mass is 10.1. The summed E-state index contributed by atoms with van der Waals surface area (Å²) in [5.74, 6) is 0.890. The van der Waals surface area contributed by atoms with Gasteiger partial charge in [-0.2, -0.15) is 5.26 Å². The molecule has 1 saturated heterocycles. The molecule has 1 aliphatic heterocycles. The molecule has 2 aromatic heterocycles. The van der Waals surface area contributed by atoms with Crippen LogP contribution in [0.4, 0.5) is 5.82 Å². The molecule has 0 spiro atoms. The van der Waals surface area contributed by atoms with Crippen LogP contribution >= 0.6 is 11.3 Å². The number of pyridine rings is 1. The van der Waals surface area contributed by atoms with Gasteiger partial charge in [0.15, 0.2) is 0 Å². The quantitative estimate of drug-likeness (QED) is 0.466. The highest BCUT2D eigenvalue weighted by molar-refractivity contribution is 7.19. The molecule has 3 heterocycles. The Labute approximate surface area is 172 Å². The van der Waals surface area contributed by atoms with E-state index in [1.807, 2.05) is 54.6 Å². The van der Waals surface area contributed by atoms with Crippen molar-refractivity contribution in [3.05, 3.63) is 65.2 Å². The van der Waals surface area contributed by atoms with Crippen LogP contribution in [0.15, 0.2) is 54.6 Å². The second kappa shape index (κ2) is 7.63. The average molecular weight is 398 g/mol. The summed E-state index contributed by atoms with van der Waals surface area (Å²) in [7, 11) is 0. The van der Waals surface area contributed by atoms with Crippen LogP contribution in [-0.2, 0) is 4.74 Å². The van der Waals surface area contributed by atoms with E-state index in [1.165, 1.54) is 11.3 Å². The van der Waals surface area contributed by atoms with Crippen molar-refractivity contribution < 1.29 is 4.74 Å². The van der Waals surface area contributed by atoms with Gasteiger partial charge < -0.3 is 9.64 Å². The normalized spacial score (nSPS) is 15.0. The Morgan fingerprint density at radius 3 is 2.59 bits per heavy atom. The van der Waals surface area contributed by atoms with Crippen LogP contribution in [0, 0.1) is 11.3 Å². The largest absolute Gasteiger partial charge is 0.378 e. The minimum Gasteiger partial charge on any atom is -0.378 e. The number of aromatic nitrogens is 2. The molecule has 0 bridgehead atoms. The molecule has 29 heavy (non-hydrogen) atoms.